The van der Waals surface area contributed by atoms with Gasteiger partial charge < -0.3 is 5.32 Å². The van der Waals surface area contributed by atoms with Gasteiger partial charge >= 0.3 is 0 Å². The smallest absolute Gasteiger partial charge is 0.136 e. The van der Waals surface area contributed by atoms with E-state index in [-0.39, 0.29) is 5.56 Å². The molecule has 0 saturated heterocycles. The molecule has 2 aromatic rings. The van der Waals surface area contributed by atoms with Gasteiger partial charge in [0.1, 0.15) is 11.6 Å². The van der Waals surface area contributed by atoms with E-state index in [4.69, 9.17) is 0 Å². The number of hydrogen-bond acceptors (Lipinski definition) is 1. The molecule has 0 radical (unpaired) electrons. The highest BCUT2D eigenvalue weighted by atomic mass is 19.1. The fourth-order valence-corrected chi connectivity index (χ4v) is 2.22. The molecule has 0 aliphatic heterocycles. The molecule has 0 saturated carbocycles. The summed E-state index contributed by atoms with van der Waals surface area (Å²) in [7, 11) is 1.86. The first-order chi connectivity index (χ1) is 9.04. The fourth-order valence-electron chi connectivity index (χ4n) is 2.22. The molecule has 1 N–H and O–H groups in total. The second-order valence-electron chi connectivity index (χ2n) is 4.73. The molecule has 0 spiro atoms. The normalized spacial score (nSPS) is 10.8. The van der Waals surface area contributed by atoms with Gasteiger partial charge in [0.25, 0.3) is 0 Å². The van der Waals surface area contributed by atoms with E-state index in [0.717, 1.165) is 17.7 Å². The molecule has 19 heavy (non-hydrogen) atoms. The Kier molecular flexibility index (Phi) is 3.96. The summed E-state index contributed by atoms with van der Waals surface area (Å²) >= 11 is 0. The molecule has 0 aliphatic rings. The van der Waals surface area contributed by atoms with Crippen LogP contribution in [-0.2, 0) is 6.54 Å². The Balaban J connectivity index is 2.57. The van der Waals surface area contributed by atoms with Crippen LogP contribution in [0.2, 0.25) is 0 Å². The van der Waals surface area contributed by atoms with Crippen LogP contribution in [0.3, 0.4) is 0 Å². The quantitative estimate of drug-likeness (QED) is 0.881. The van der Waals surface area contributed by atoms with Crippen LogP contribution in [0.25, 0.3) is 11.1 Å². The molecule has 0 unspecified atom stereocenters. The Morgan fingerprint density at radius 3 is 2.37 bits per heavy atom. The van der Waals surface area contributed by atoms with Crippen molar-refractivity contribution < 1.29 is 8.78 Å². The van der Waals surface area contributed by atoms with Crippen molar-refractivity contribution in [3.8, 4) is 11.1 Å². The van der Waals surface area contributed by atoms with E-state index in [1.54, 1.807) is 13.0 Å². The molecule has 100 valence electrons. The third-order valence-corrected chi connectivity index (χ3v) is 3.23. The van der Waals surface area contributed by atoms with E-state index in [1.165, 1.54) is 12.1 Å². The zero-order chi connectivity index (χ0) is 14.0. The van der Waals surface area contributed by atoms with Crippen LogP contribution in [0, 0.1) is 25.5 Å². The van der Waals surface area contributed by atoms with Crippen molar-refractivity contribution in [2.45, 2.75) is 20.4 Å². The monoisotopic (exact) mass is 261 g/mol. The van der Waals surface area contributed by atoms with Crippen molar-refractivity contribution in [2.24, 2.45) is 0 Å². The van der Waals surface area contributed by atoms with Crippen molar-refractivity contribution in [1.29, 1.82) is 0 Å². The minimum absolute atomic E-state index is 0.0634. The van der Waals surface area contributed by atoms with Crippen molar-refractivity contribution >= 4 is 0 Å². The maximum absolute atomic E-state index is 14.1. The number of hydrogen-bond donors (Lipinski definition) is 1. The summed E-state index contributed by atoms with van der Waals surface area (Å²) < 4.78 is 28.0. The topological polar surface area (TPSA) is 12.0 Å². The predicted octanol–water partition coefficient (Wildman–Crippen LogP) is 3.97. The molecule has 0 bridgehead atoms. The summed E-state index contributed by atoms with van der Waals surface area (Å²) in [5, 5.41) is 3.05. The molecule has 0 amide bonds. The summed E-state index contributed by atoms with van der Waals surface area (Å²) in [5.41, 5.74) is 3.09. The van der Waals surface area contributed by atoms with E-state index in [1.807, 2.05) is 26.1 Å². The first kappa shape index (κ1) is 13.7. The highest BCUT2D eigenvalue weighted by Gasteiger charge is 2.15. The second-order valence-corrected chi connectivity index (χ2v) is 4.73. The zero-order valence-electron chi connectivity index (χ0n) is 11.3. The highest BCUT2D eigenvalue weighted by Crippen LogP contribution is 2.30. The molecule has 2 rings (SSSR count). The summed E-state index contributed by atoms with van der Waals surface area (Å²) in [5.74, 6) is -1.00. The molecular formula is C16H17F2N. The van der Waals surface area contributed by atoms with Crippen molar-refractivity contribution in [2.75, 3.05) is 7.05 Å². The average molecular weight is 261 g/mol. The Morgan fingerprint density at radius 2 is 1.74 bits per heavy atom. The van der Waals surface area contributed by atoms with Gasteiger partial charge in [0.05, 0.1) is 5.56 Å². The van der Waals surface area contributed by atoms with Crippen molar-refractivity contribution in [3.05, 3.63) is 58.7 Å². The molecule has 0 aliphatic carbocycles. The number of halogens is 2. The lowest BCUT2D eigenvalue weighted by Gasteiger charge is -2.12. The van der Waals surface area contributed by atoms with Gasteiger partial charge in [0, 0.05) is 6.54 Å². The summed E-state index contributed by atoms with van der Waals surface area (Å²) in [6, 6.07) is 8.39. The Labute approximate surface area is 112 Å². The molecule has 0 heterocycles. The Bertz CT molecular complexity index is 606. The molecule has 3 heteroatoms. The standard InChI is InChI=1S/C16H17F2N/c1-10-4-7-14(17)15(16(10)18)13-6-5-12(9-19-3)8-11(13)2/h4-8,19H,9H2,1-3H3. The molecule has 0 aromatic heterocycles. The van der Waals surface area contributed by atoms with Gasteiger partial charge in [-0.15, -0.1) is 0 Å². The van der Waals surface area contributed by atoms with Crippen LogP contribution < -0.4 is 5.32 Å². The van der Waals surface area contributed by atoms with Crippen LogP contribution >= 0.6 is 0 Å². The first-order valence-corrected chi connectivity index (χ1v) is 6.23. The maximum atomic E-state index is 14.1. The lowest BCUT2D eigenvalue weighted by Crippen LogP contribution is -2.05. The fraction of sp³-hybridized carbons (Fsp3) is 0.250. The van der Waals surface area contributed by atoms with Crippen LogP contribution in [0.15, 0.2) is 30.3 Å². The van der Waals surface area contributed by atoms with Gasteiger partial charge in [-0.2, -0.15) is 0 Å². The third kappa shape index (κ3) is 2.66. The van der Waals surface area contributed by atoms with E-state index < -0.39 is 11.6 Å². The lowest BCUT2D eigenvalue weighted by molar-refractivity contribution is 0.583. The van der Waals surface area contributed by atoms with Crippen LogP contribution in [-0.4, -0.2) is 7.05 Å². The molecular weight excluding hydrogens is 244 g/mol. The van der Waals surface area contributed by atoms with Crippen molar-refractivity contribution in [1.82, 2.24) is 5.32 Å². The van der Waals surface area contributed by atoms with Gasteiger partial charge in [-0.05, 0) is 49.2 Å². The Morgan fingerprint density at radius 1 is 1.00 bits per heavy atom. The van der Waals surface area contributed by atoms with Crippen LogP contribution in [0.5, 0.6) is 0 Å². The minimum atomic E-state index is -0.521. The molecule has 2 aromatic carbocycles. The molecule has 1 nitrogen and oxygen atoms in total. The van der Waals surface area contributed by atoms with E-state index in [0.29, 0.717) is 11.1 Å². The molecule has 0 fully saturated rings. The van der Waals surface area contributed by atoms with Crippen molar-refractivity contribution in [3.63, 3.8) is 0 Å². The molecule has 0 atom stereocenters. The van der Waals surface area contributed by atoms with Gasteiger partial charge in [0.15, 0.2) is 0 Å². The third-order valence-electron chi connectivity index (χ3n) is 3.23. The van der Waals surface area contributed by atoms with E-state index in [9.17, 15) is 8.78 Å². The van der Waals surface area contributed by atoms with Crippen LogP contribution in [0.1, 0.15) is 16.7 Å². The minimum Gasteiger partial charge on any atom is -0.316 e. The Hall–Kier alpha value is -1.74. The number of aryl methyl sites for hydroxylation is 2. The lowest BCUT2D eigenvalue weighted by atomic mass is 9.96. The first-order valence-electron chi connectivity index (χ1n) is 6.23. The van der Waals surface area contributed by atoms with Gasteiger partial charge in [-0.25, -0.2) is 8.78 Å². The average Bonchev–Trinajstić information content (AvgIpc) is 2.37. The van der Waals surface area contributed by atoms with Gasteiger partial charge in [-0.3, -0.25) is 0 Å². The van der Waals surface area contributed by atoms with Gasteiger partial charge in [0.2, 0.25) is 0 Å². The summed E-state index contributed by atoms with van der Waals surface area (Å²) in [6.07, 6.45) is 0. The SMILES string of the molecule is CNCc1ccc(-c2c(F)ccc(C)c2F)c(C)c1. The van der Waals surface area contributed by atoms with E-state index in [2.05, 4.69) is 5.32 Å². The number of benzene rings is 2. The number of nitrogens with one attached hydrogen (secondary N) is 1. The number of rotatable bonds is 3. The predicted molar refractivity (Wildman–Crippen MR) is 74.0 cm³/mol. The second kappa shape index (κ2) is 5.49. The largest absolute Gasteiger partial charge is 0.316 e. The maximum Gasteiger partial charge on any atom is 0.136 e. The highest BCUT2D eigenvalue weighted by molar-refractivity contribution is 5.69. The zero-order valence-corrected chi connectivity index (χ0v) is 11.3. The van der Waals surface area contributed by atoms with E-state index >= 15 is 0 Å². The summed E-state index contributed by atoms with van der Waals surface area (Å²) in [4.78, 5) is 0. The van der Waals surface area contributed by atoms with Gasteiger partial charge in [-0.1, -0.05) is 24.3 Å². The summed E-state index contributed by atoms with van der Waals surface area (Å²) in [6.45, 7) is 4.25. The van der Waals surface area contributed by atoms with Crippen LogP contribution in [0.4, 0.5) is 8.78 Å².